The Labute approximate surface area is 118 Å². The number of hydrogen-bond acceptors (Lipinski definition) is 4. The third kappa shape index (κ3) is 3.70. The maximum absolute atomic E-state index is 12.6. The molecule has 0 radical (unpaired) electrons. The van der Waals surface area contributed by atoms with Crippen molar-refractivity contribution >= 4 is 21.4 Å². The lowest BCUT2D eigenvalue weighted by molar-refractivity contribution is -0.137. The lowest BCUT2D eigenvalue weighted by Gasteiger charge is -2.12. The Morgan fingerprint density at radius 1 is 1.19 bits per heavy atom. The number of hydrogen-bond donors (Lipinski definition) is 2. The number of nitrogens with two attached hydrogens (primary N) is 1. The highest BCUT2D eigenvalue weighted by molar-refractivity contribution is 7.89. The van der Waals surface area contributed by atoms with E-state index >= 15 is 0 Å². The molecule has 0 saturated carbocycles. The van der Waals surface area contributed by atoms with E-state index in [2.05, 4.69) is 10.3 Å². The van der Waals surface area contributed by atoms with E-state index in [9.17, 15) is 21.6 Å². The smallest absolute Gasteiger partial charge is 0.354 e. The second kappa shape index (κ2) is 5.34. The molecule has 21 heavy (non-hydrogen) atoms. The Morgan fingerprint density at radius 3 is 2.52 bits per heavy atom. The molecule has 2 aromatic rings. The van der Waals surface area contributed by atoms with Crippen LogP contribution in [0.4, 0.5) is 24.5 Å². The fourth-order valence-corrected chi connectivity index (χ4v) is 2.27. The molecule has 0 fully saturated rings. The Morgan fingerprint density at radius 2 is 1.90 bits per heavy atom. The van der Waals surface area contributed by atoms with E-state index in [0.717, 1.165) is 18.3 Å². The van der Waals surface area contributed by atoms with Crippen LogP contribution in [0, 0.1) is 0 Å². The van der Waals surface area contributed by atoms with Crippen LogP contribution >= 0.6 is 0 Å². The van der Waals surface area contributed by atoms with E-state index in [1.165, 1.54) is 24.4 Å². The number of sulfonamides is 1. The summed E-state index contributed by atoms with van der Waals surface area (Å²) in [5, 5.41) is 7.61. The van der Waals surface area contributed by atoms with Crippen molar-refractivity contribution in [3.05, 3.63) is 48.3 Å². The third-order valence-electron chi connectivity index (χ3n) is 2.56. The van der Waals surface area contributed by atoms with E-state index in [0.29, 0.717) is 0 Å². The quantitative estimate of drug-likeness (QED) is 0.911. The molecule has 0 bridgehead atoms. The predicted octanol–water partition coefficient (Wildman–Crippen LogP) is 2.49. The number of primary sulfonamides is 1. The molecule has 0 saturated heterocycles. The number of nitrogens with zero attached hydrogens (tertiary/aromatic N) is 1. The Bertz CT molecular complexity index is 760. The average molecular weight is 317 g/mol. The Balaban J connectivity index is 2.40. The van der Waals surface area contributed by atoms with Gasteiger partial charge < -0.3 is 5.32 Å². The summed E-state index contributed by atoms with van der Waals surface area (Å²) in [6.07, 6.45) is -2.17. The van der Waals surface area contributed by atoms with Crippen molar-refractivity contribution in [2.45, 2.75) is 11.1 Å². The summed E-state index contributed by atoms with van der Waals surface area (Å²) in [7, 11) is -4.04. The van der Waals surface area contributed by atoms with Gasteiger partial charge in [0.2, 0.25) is 10.0 Å². The molecule has 2 rings (SSSR count). The van der Waals surface area contributed by atoms with Crippen molar-refractivity contribution < 1.29 is 21.6 Å². The second-order valence-electron chi connectivity index (χ2n) is 4.12. The fourth-order valence-electron chi connectivity index (χ4n) is 1.64. The van der Waals surface area contributed by atoms with Crippen molar-refractivity contribution in [2.24, 2.45) is 5.14 Å². The van der Waals surface area contributed by atoms with Crippen LogP contribution in [-0.4, -0.2) is 13.4 Å². The molecule has 0 aliphatic heterocycles. The van der Waals surface area contributed by atoms with Gasteiger partial charge in [0.1, 0.15) is 4.90 Å². The lowest BCUT2D eigenvalue weighted by atomic mass is 10.2. The number of benzene rings is 1. The van der Waals surface area contributed by atoms with Crippen molar-refractivity contribution in [3.8, 4) is 0 Å². The summed E-state index contributed by atoms with van der Waals surface area (Å²) >= 11 is 0. The number of rotatable bonds is 3. The average Bonchev–Trinajstić information content (AvgIpc) is 2.37. The topological polar surface area (TPSA) is 85.1 Å². The normalized spacial score (nSPS) is 12.2. The van der Waals surface area contributed by atoms with Crippen LogP contribution in [0.3, 0.4) is 0 Å². The van der Waals surface area contributed by atoms with Crippen molar-refractivity contribution in [1.29, 1.82) is 0 Å². The van der Waals surface area contributed by atoms with Crippen LogP contribution in [0.1, 0.15) is 5.56 Å². The molecular weight excluding hydrogens is 307 g/mol. The van der Waals surface area contributed by atoms with E-state index in [-0.39, 0.29) is 16.3 Å². The first-order valence-corrected chi connectivity index (χ1v) is 7.13. The third-order valence-corrected chi connectivity index (χ3v) is 3.50. The monoisotopic (exact) mass is 317 g/mol. The molecule has 3 N–H and O–H groups in total. The number of alkyl halides is 3. The second-order valence-corrected chi connectivity index (χ2v) is 5.65. The summed E-state index contributed by atoms with van der Waals surface area (Å²) in [4.78, 5) is 3.33. The van der Waals surface area contributed by atoms with Gasteiger partial charge in [0.25, 0.3) is 0 Å². The standard InChI is InChI=1S/C12H10F3N3O2S/c13-12(14,15)8-2-1-3-9(6-8)18-10-4-5-17-7-11(10)21(16,19)20/h1-7H,(H,17,18)(H2,16,19,20). The molecule has 5 nitrogen and oxygen atoms in total. The van der Waals surface area contributed by atoms with Gasteiger partial charge in [-0.05, 0) is 24.3 Å². The Hall–Kier alpha value is -2.13. The van der Waals surface area contributed by atoms with Crippen molar-refractivity contribution in [3.63, 3.8) is 0 Å². The minimum Gasteiger partial charge on any atom is -0.354 e. The largest absolute Gasteiger partial charge is 0.416 e. The van der Waals surface area contributed by atoms with Gasteiger partial charge in [-0.25, -0.2) is 13.6 Å². The van der Waals surface area contributed by atoms with Gasteiger partial charge >= 0.3 is 6.18 Å². The maximum atomic E-state index is 12.6. The summed E-state index contributed by atoms with van der Waals surface area (Å²) in [5.74, 6) is 0. The number of pyridine rings is 1. The van der Waals surface area contributed by atoms with E-state index in [1.54, 1.807) is 0 Å². The minimum atomic E-state index is -4.49. The summed E-state index contributed by atoms with van der Waals surface area (Å²) < 4.78 is 60.6. The van der Waals surface area contributed by atoms with Crippen LogP contribution in [0.5, 0.6) is 0 Å². The zero-order valence-electron chi connectivity index (χ0n) is 10.4. The van der Waals surface area contributed by atoms with Crippen molar-refractivity contribution in [1.82, 2.24) is 4.98 Å². The van der Waals surface area contributed by atoms with Crippen LogP contribution in [-0.2, 0) is 16.2 Å². The van der Waals surface area contributed by atoms with Gasteiger partial charge in [-0.3, -0.25) is 4.98 Å². The zero-order valence-corrected chi connectivity index (χ0v) is 11.2. The summed E-state index contributed by atoms with van der Waals surface area (Å²) in [5.41, 5.74) is -0.716. The molecule has 0 atom stereocenters. The lowest BCUT2D eigenvalue weighted by Crippen LogP contribution is -2.14. The van der Waals surface area contributed by atoms with Crippen molar-refractivity contribution in [2.75, 3.05) is 5.32 Å². The van der Waals surface area contributed by atoms with Gasteiger partial charge in [0, 0.05) is 18.1 Å². The highest BCUT2D eigenvalue weighted by atomic mass is 32.2. The Kier molecular flexibility index (Phi) is 3.88. The zero-order chi connectivity index (χ0) is 15.7. The first-order chi connectivity index (χ1) is 9.68. The van der Waals surface area contributed by atoms with Crippen LogP contribution in [0.25, 0.3) is 0 Å². The van der Waals surface area contributed by atoms with E-state index in [1.807, 2.05) is 0 Å². The first-order valence-electron chi connectivity index (χ1n) is 5.59. The summed E-state index contributed by atoms with van der Waals surface area (Å²) in [6.45, 7) is 0. The van der Waals surface area contributed by atoms with E-state index < -0.39 is 21.8 Å². The highest BCUT2D eigenvalue weighted by Gasteiger charge is 2.30. The molecule has 0 unspecified atom stereocenters. The summed E-state index contributed by atoms with van der Waals surface area (Å²) in [6, 6.07) is 5.68. The molecule has 0 spiro atoms. The number of halogens is 3. The number of nitrogens with one attached hydrogen (secondary N) is 1. The van der Waals surface area contributed by atoms with Crippen LogP contribution in [0.15, 0.2) is 47.6 Å². The minimum absolute atomic E-state index is 0.0480. The van der Waals surface area contributed by atoms with Gasteiger partial charge in [-0.2, -0.15) is 13.2 Å². The van der Waals surface area contributed by atoms with Gasteiger partial charge in [0.05, 0.1) is 11.3 Å². The molecule has 9 heteroatoms. The first kappa shape index (κ1) is 15.3. The van der Waals surface area contributed by atoms with Crippen LogP contribution in [0.2, 0.25) is 0 Å². The van der Waals surface area contributed by atoms with Gasteiger partial charge in [0.15, 0.2) is 0 Å². The van der Waals surface area contributed by atoms with E-state index in [4.69, 9.17) is 5.14 Å². The van der Waals surface area contributed by atoms with Gasteiger partial charge in [-0.1, -0.05) is 6.07 Å². The SMILES string of the molecule is NS(=O)(=O)c1cnccc1Nc1cccc(C(F)(F)F)c1. The molecule has 1 heterocycles. The number of aromatic nitrogens is 1. The molecule has 1 aromatic carbocycles. The molecule has 112 valence electrons. The molecule has 0 aliphatic rings. The maximum Gasteiger partial charge on any atom is 0.416 e. The molecule has 0 amide bonds. The van der Waals surface area contributed by atoms with Gasteiger partial charge in [-0.15, -0.1) is 0 Å². The highest BCUT2D eigenvalue weighted by Crippen LogP contribution is 2.32. The predicted molar refractivity (Wildman–Crippen MR) is 70.3 cm³/mol. The fraction of sp³-hybridized carbons (Fsp3) is 0.0833. The molecule has 0 aliphatic carbocycles. The molecular formula is C12H10F3N3O2S. The molecule has 1 aromatic heterocycles. The van der Waals surface area contributed by atoms with Crippen LogP contribution < -0.4 is 10.5 Å². The number of anilines is 2.